The molecular weight excluding hydrogens is 600 g/mol. The van der Waals surface area contributed by atoms with E-state index in [-0.39, 0.29) is 40.3 Å². The van der Waals surface area contributed by atoms with Crippen LogP contribution < -0.4 is 24.8 Å². The maximum Gasteiger partial charge on any atom is 0.271 e. The third kappa shape index (κ3) is 7.39. The first kappa shape index (κ1) is 31.0. The lowest BCUT2D eigenvalue weighted by atomic mass is 10.1. The SMILES string of the molecule is COc1ccc(NC(=O)c2ccc([N+](=O)[O-])cc2NC(=O)c2ccc(OC)cc2OC2CCN(C(=O)c3cccs3)CC2)cc1. The number of ether oxygens (including phenoxy) is 3. The lowest BCUT2D eigenvalue weighted by molar-refractivity contribution is -0.384. The highest BCUT2D eigenvalue weighted by atomic mass is 32.1. The van der Waals surface area contributed by atoms with Gasteiger partial charge in [-0.25, -0.2) is 0 Å². The Bertz CT molecular complexity index is 1700. The fraction of sp³-hybridized carbons (Fsp3) is 0.219. The number of hydrogen-bond donors (Lipinski definition) is 2. The van der Waals surface area contributed by atoms with Gasteiger partial charge in [-0.15, -0.1) is 11.3 Å². The summed E-state index contributed by atoms with van der Waals surface area (Å²) in [6, 6.07) is 18.6. The van der Waals surface area contributed by atoms with Crippen LogP contribution in [0, 0.1) is 10.1 Å². The molecule has 45 heavy (non-hydrogen) atoms. The van der Waals surface area contributed by atoms with Crippen molar-refractivity contribution in [2.45, 2.75) is 18.9 Å². The number of nitrogens with zero attached hydrogens (tertiary/aromatic N) is 2. The lowest BCUT2D eigenvalue weighted by Crippen LogP contribution is -2.41. The van der Waals surface area contributed by atoms with E-state index in [1.165, 1.54) is 43.8 Å². The van der Waals surface area contributed by atoms with E-state index in [9.17, 15) is 24.5 Å². The van der Waals surface area contributed by atoms with E-state index >= 15 is 0 Å². The molecule has 12 nitrogen and oxygen atoms in total. The number of carbonyl (C=O) groups is 3. The van der Waals surface area contributed by atoms with Crippen molar-refractivity contribution < 1.29 is 33.5 Å². The first-order chi connectivity index (χ1) is 21.7. The molecule has 1 aromatic heterocycles. The molecule has 2 N–H and O–H groups in total. The zero-order chi connectivity index (χ0) is 31.9. The van der Waals surface area contributed by atoms with E-state index in [0.29, 0.717) is 48.0 Å². The molecule has 0 unspecified atom stereocenters. The number of rotatable bonds is 10. The fourth-order valence-electron chi connectivity index (χ4n) is 4.84. The van der Waals surface area contributed by atoms with Gasteiger partial charge in [-0.1, -0.05) is 6.07 Å². The minimum Gasteiger partial charge on any atom is -0.497 e. The summed E-state index contributed by atoms with van der Waals surface area (Å²) in [6.45, 7) is 0.987. The second-order valence-corrected chi connectivity index (χ2v) is 11.0. The van der Waals surface area contributed by atoms with Crippen molar-refractivity contribution in [3.63, 3.8) is 0 Å². The number of nitro benzene ring substituents is 1. The van der Waals surface area contributed by atoms with Crippen LogP contribution >= 0.6 is 11.3 Å². The molecule has 0 aliphatic carbocycles. The third-order valence-electron chi connectivity index (χ3n) is 7.24. The second-order valence-electron chi connectivity index (χ2n) is 10.1. The largest absolute Gasteiger partial charge is 0.497 e. The van der Waals surface area contributed by atoms with Gasteiger partial charge in [-0.05, 0) is 53.9 Å². The molecule has 2 heterocycles. The minimum absolute atomic E-state index is 0.0172. The Balaban J connectivity index is 1.34. The first-order valence-corrected chi connectivity index (χ1v) is 14.9. The molecule has 5 rings (SSSR count). The highest BCUT2D eigenvalue weighted by Gasteiger charge is 2.27. The Labute approximate surface area is 262 Å². The van der Waals surface area contributed by atoms with Crippen LogP contribution in [0.25, 0.3) is 0 Å². The van der Waals surface area contributed by atoms with E-state index in [4.69, 9.17) is 14.2 Å². The van der Waals surface area contributed by atoms with Crippen LogP contribution in [-0.4, -0.2) is 61.0 Å². The van der Waals surface area contributed by atoms with Crippen molar-refractivity contribution in [1.29, 1.82) is 0 Å². The van der Waals surface area contributed by atoms with Gasteiger partial charge in [0.2, 0.25) is 0 Å². The summed E-state index contributed by atoms with van der Waals surface area (Å²) in [4.78, 5) is 53.0. The van der Waals surface area contributed by atoms with Gasteiger partial charge in [0.15, 0.2) is 0 Å². The summed E-state index contributed by atoms with van der Waals surface area (Å²) < 4.78 is 16.8. The van der Waals surface area contributed by atoms with E-state index in [0.717, 1.165) is 6.07 Å². The highest BCUT2D eigenvalue weighted by Crippen LogP contribution is 2.31. The number of non-ortho nitro benzene ring substituents is 1. The van der Waals surface area contributed by atoms with Crippen LogP contribution in [0.4, 0.5) is 17.1 Å². The predicted octanol–water partition coefficient (Wildman–Crippen LogP) is 5.86. The molecule has 1 aliphatic heterocycles. The molecule has 1 saturated heterocycles. The third-order valence-corrected chi connectivity index (χ3v) is 8.10. The Kier molecular flexibility index (Phi) is 9.58. The molecule has 3 amide bonds. The smallest absolute Gasteiger partial charge is 0.271 e. The van der Waals surface area contributed by atoms with Crippen LogP contribution in [0.3, 0.4) is 0 Å². The van der Waals surface area contributed by atoms with Gasteiger partial charge in [0, 0.05) is 49.8 Å². The summed E-state index contributed by atoms with van der Waals surface area (Å²) in [5, 5.41) is 18.8. The number of piperidine rings is 1. The Morgan fingerprint density at radius 2 is 1.53 bits per heavy atom. The predicted molar refractivity (Wildman–Crippen MR) is 169 cm³/mol. The molecule has 4 aromatic rings. The minimum atomic E-state index is -0.642. The standard InChI is InChI=1S/C32H30N4O8S/c1-42-22-8-5-20(6-9-22)33-30(37)25-11-7-21(36(40)41)18-27(25)34-31(38)26-12-10-24(43-2)19-28(26)44-23-13-15-35(16-14-23)32(39)29-4-3-17-45-29/h3-12,17-19,23H,13-16H2,1-2H3,(H,33,37)(H,34,38). The molecule has 3 aromatic carbocycles. The number of anilines is 2. The molecule has 1 aliphatic rings. The number of amides is 3. The average molecular weight is 631 g/mol. The van der Waals surface area contributed by atoms with E-state index < -0.39 is 16.7 Å². The van der Waals surface area contributed by atoms with Gasteiger partial charge < -0.3 is 29.7 Å². The zero-order valence-electron chi connectivity index (χ0n) is 24.5. The fourth-order valence-corrected chi connectivity index (χ4v) is 5.53. The number of methoxy groups -OCH3 is 2. The second kappa shape index (κ2) is 13.9. The topological polar surface area (TPSA) is 149 Å². The average Bonchev–Trinajstić information content (AvgIpc) is 3.60. The van der Waals surface area contributed by atoms with Crippen molar-refractivity contribution in [3.8, 4) is 17.2 Å². The van der Waals surface area contributed by atoms with Crippen molar-refractivity contribution in [2.75, 3.05) is 37.9 Å². The number of nitrogens with one attached hydrogen (secondary N) is 2. The van der Waals surface area contributed by atoms with Crippen molar-refractivity contribution >= 4 is 46.1 Å². The molecule has 0 radical (unpaired) electrons. The van der Waals surface area contributed by atoms with Gasteiger partial charge in [0.05, 0.1) is 40.8 Å². The molecule has 232 valence electrons. The summed E-state index contributed by atoms with van der Waals surface area (Å²) >= 11 is 1.40. The molecule has 0 atom stereocenters. The number of nitro groups is 1. The molecule has 0 spiro atoms. The number of thiophene rings is 1. The molecular formula is C32H30N4O8S. The first-order valence-electron chi connectivity index (χ1n) is 14.0. The quantitative estimate of drug-likeness (QED) is 0.163. The molecule has 1 fully saturated rings. The monoisotopic (exact) mass is 630 g/mol. The number of likely N-dealkylation sites (tertiary alicyclic amines) is 1. The summed E-state index contributed by atoms with van der Waals surface area (Å²) in [7, 11) is 3.02. The molecule has 0 saturated carbocycles. The van der Waals surface area contributed by atoms with Crippen molar-refractivity contribution in [3.05, 3.63) is 104 Å². The van der Waals surface area contributed by atoms with Gasteiger partial charge in [0.1, 0.15) is 23.4 Å². The molecule has 13 heteroatoms. The van der Waals surface area contributed by atoms with Gasteiger partial charge >= 0.3 is 0 Å². The van der Waals surface area contributed by atoms with Gasteiger partial charge in [0.25, 0.3) is 23.4 Å². The van der Waals surface area contributed by atoms with Gasteiger partial charge in [-0.3, -0.25) is 24.5 Å². The highest BCUT2D eigenvalue weighted by molar-refractivity contribution is 7.12. The van der Waals surface area contributed by atoms with Crippen LogP contribution in [0.1, 0.15) is 43.2 Å². The lowest BCUT2D eigenvalue weighted by Gasteiger charge is -2.32. The number of carbonyl (C=O) groups excluding carboxylic acids is 3. The van der Waals surface area contributed by atoms with Crippen LogP contribution in [0.15, 0.2) is 78.2 Å². The van der Waals surface area contributed by atoms with E-state index in [1.54, 1.807) is 47.4 Å². The Hall–Kier alpha value is -5.43. The number of hydrogen-bond acceptors (Lipinski definition) is 9. The Morgan fingerprint density at radius 1 is 0.867 bits per heavy atom. The van der Waals surface area contributed by atoms with E-state index in [2.05, 4.69) is 10.6 Å². The van der Waals surface area contributed by atoms with Crippen molar-refractivity contribution in [1.82, 2.24) is 4.90 Å². The maximum atomic E-state index is 13.6. The van der Waals surface area contributed by atoms with Crippen molar-refractivity contribution in [2.24, 2.45) is 0 Å². The summed E-state index contributed by atoms with van der Waals surface area (Å²) in [5.74, 6) is 0.0589. The van der Waals surface area contributed by atoms with Gasteiger partial charge in [-0.2, -0.15) is 0 Å². The molecule has 0 bridgehead atoms. The zero-order valence-corrected chi connectivity index (χ0v) is 25.3. The Morgan fingerprint density at radius 3 is 2.18 bits per heavy atom. The van der Waals surface area contributed by atoms with Crippen LogP contribution in [0.5, 0.6) is 17.2 Å². The number of benzene rings is 3. The van der Waals surface area contributed by atoms with Crippen LogP contribution in [-0.2, 0) is 0 Å². The maximum absolute atomic E-state index is 13.6. The summed E-state index contributed by atoms with van der Waals surface area (Å²) in [6.07, 6.45) is 0.825. The van der Waals surface area contributed by atoms with Crippen LogP contribution in [0.2, 0.25) is 0 Å². The summed E-state index contributed by atoms with van der Waals surface area (Å²) in [5.41, 5.74) is 0.263. The van der Waals surface area contributed by atoms with E-state index in [1.807, 2.05) is 11.4 Å². The normalized spacial score (nSPS) is 13.1.